The molecule has 0 radical (unpaired) electrons. The Labute approximate surface area is 140 Å². The van der Waals surface area contributed by atoms with E-state index in [0.717, 1.165) is 30.2 Å². The van der Waals surface area contributed by atoms with Crippen LogP contribution in [0.4, 0.5) is 0 Å². The summed E-state index contributed by atoms with van der Waals surface area (Å²) in [5.74, 6) is 1.60. The van der Waals surface area contributed by atoms with Gasteiger partial charge in [-0.25, -0.2) is 4.98 Å². The Bertz CT molecular complexity index is 846. The highest BCUT2D eigenvalue weighted by Gasteiger charge is 2.11. The minimum Gasteiger partial charge on any atom is -0.488 e. The number of para-hydroxylation sites is 2. The van der Waals surface area contributed by atoms with Crippen molar-refractivity contribution in [2.75, 3.05) is 19.7 Å². The van der Waals surface area contributed by atoms with Crippen LogP contribution < -0.4 is 15.2 Å². The molecule has 24 heavy (non-hydrogen) atoms. The van der Waals surface area contributed by atoms with E-state index < -0.39 is 0 Å². The van der Waals surface area contributed by atoms with Crippen LogP contribution in [0.1, 0.15) is 12.7 Å². The molecule has 2 aromatic carbocycles. The second-order valence-electron chi connectivity index (χ2n) is 5.72. The van der Waals surface area contributed by atoms with Gasteiger partial charge in [-0.15, -0.1) is 0 Å². The van der Waals surface area contributed by atoms with E-state index in [-0.39, 0.29) is 5.56 Å². The fraction of sp³-hybridized carbons (Fsp3) is 0.263. The van der Waals surface area contributed by atoms with Crippen LogP contribution in [0, 0.1) is 0 Å². The van der Waals surface area contributed by atoms with E-state index in [1.807, 2.05) is 48.5 Å². The molecule has 1 aromatic heterocycles. The van der Waals surface area contributed by atoms with Crippen LogP contribution in [0.3, 0.4) is 0 Å². The van der Waals surface area contributed by atoms with Gasteiger partial charge in [-0.05, 0) is 31.2 Å². The molecule has 0 aliphatic heterocycles. The molecule has 0 saturated carbocycles. The highest BCUT2D eigenvalue weighted by Crippen LogP contribution is 2.07. The normalized spacial score (nSPS) is 12.2. The molecule has 1 unspecified atom stereocenters. The highest BCUT2D eigenvalue weighted by atomic mass is 16.5. The molecule has 0 saturated heterocycles. The number of aromatic amines is 1. The average molecular weight is 324 g/mol. The van der Waals surface area contributed by atoms with Crippen molar-refractivity contribution in [2.45, 2.75) is 13.5 Å². The summed E-state index contributed by atoms with van der Waals surface area (Å²) >= 11 is 0. The minimum atomic E-state index is -0.0772. The van der Waals surface area contributed by atoms with Crippen LogP contribution in [0.25, 0.3) is 10.9 Å². The number of benzene rings is 2. The highest BCUT2D eigenvalue weighted by molar-refractivity contribution is 5.77. The maximum absolute atomic E-state index is 12.1. The lowest BCUT2D eigenvalue weighted by atomic mass is 10.2. The molecule has 0 aliphatic carbocycles. The lowest BCUT2D eigenvalue weighted by molar-refractivity contribution is -0.912. The molecule has 0 aliphatic rings. The molecular weight excluding hydrogens is 302 g/mol. The predicted octanol–water partition coefficient (Wildman–Crippen LogP) is 1.41. The van der Waals surface area contributed by atoms with Crippen molar-refractivity contribution in [2.24, 2.45) is 0 Å². The number of aromatic nitrogens is 2. The first-order valence-corrected chi connectivity index (χ1v) is 8.25. The largest absolute Gasteiger partial charge is 0.488 e. The van der Waals surface area contributed by atoms with E-state index in [1.165, 1.54) is 4.90 Å². The molecule has 3 rings (SSSR count). The van der Waals surface area contributed by atoms with Gasteiger partial charge in [0.25, 0.3) is 5.56 Å². The lowest BCUT2D eigenvalue weighted by Crippen LogP contribution is -3.11. The maximum Gasteiger partial charge on any atom is 0.258 e. The molecule has 124 valence electrons. The third-order valence-electron chi connectivity index (χ3n) is 4.05. The standard InChI is InChI=1S/C19H21N3O2/c1-2-22(12-13-24-15-8-4-3-5-9-15)14-18-20-17-11-7-6-10-16(17)19(23)21-18/h3-11H,2,12-14H2,1H3,(H,20,21,23)/p+1. The fourth-order valence-electron chi connectivity index (χ4n) is 2.68. The molecule has 5 heteroatoms. The number of likely N-dealkylation sites (N-methyl/N-ethyl adjacent to an activating group) is 1. The van der Waals surface area contributed by atoms with Crippen LogP contribution in [-0.4, -0.2) is 29.7 Å². The maximum atomic E-state index is 12.1. The summed E-state index contributed by atoms with van der Waals surface area (Å²) in [4.78, 5) is 20.9. The SMILES string of the molecule is CC[NH+](CCOc1ccccc1)Cc1nc2ccccc2c(=O)[nH]1. The van der Waals surface area contributed by atoms with Crippen LogP contribution in [0.5, 0.6) is 5.75 Å². The van der Waals surface area contributed by atoms with Gasteiger partial charge in [-0.3, -0.25) is 4.79 Å². The molecule has 5 nitrogen and oxygen atoms in total. The summed E-state index contributed by atoms with van der Waals surface area (Å²) in [7, 11) is 0. The summed E-state index contributed by atoms with van der Waals surface area (Å²) in [6.07, 6.45) is 0. The third-order valence-corrected chi connectivity index (χ3v) is 4.05. The number of quaternary nitrogens is 1. The van der Waals surface area contributed by atoms with E-state index in [4.69, 9.17) is 4.74 Å². The van der Waals surface area contributed by atoms with Gasteiger partial charge in [-0.1, -0.05) is 30.3 Å². The molecule has 3 aromatic rings. The number of nitrogens with one attached hydrogen (secondary N) is 2. The quantitative estimate of drug-likeness (QED) is 0.691. The monoisotopic (exact) mass is 324 g/mol. The first kappa shape index (κ1) is 16.2. The van der Waals surface area contributed by atoms with E-state index in [9.17, 15) is 4.79 Å². The molecule has 0 spiro atoms. The summed E-state index contributed by atoms with van der Waals surface area (Å²) in [6, 6.07) is 17.2. The van der Waals surface area contributed by atoms with Gasteiger partial charge in [-0.2, -0.15) is 0 Å². The van der Waals surface area contributed by atoms with Crippen molar-refractivity contribution in [1.82, 2.24) is 9.97 Å². The van der Waals surface area contributed by atoms with E-state index in [0.29, 0.717) is 18.5 Å². The molecule has 0 fully saturated rings. The van der Waals surface area contributed by atoms with Crippen molar-refractivity contribution in [3.8, 4) is 5.75 Å². The Morgan fingerprint density at radius 1 is 1.08 bits per heavy atom. The van der Waals surface area contributed by atoms with Gasteiger partial charge in [0, 0.05) is 0 Å². The first-order chi connectivity index (χ1) is 11.8. The molecule has 1 heterocycles. The first-order valence-electron chi connectivity index (χ1n) is 8.25. The topological polar surface area (TPSA) is 59.4 Å². The van der Waals surface area contributed by atoms with E-state index >= 15 is 0 Å². The van der Waals surface area contributed by atoms with Crippen molar-refractivity contribution in [3.63, 3.8) is 0 Å². The molecule has 0 bridgehead atoms. The second-order valence-corrected chi connectivity index (χ2v) is 5.72. The van der Waals surface area contributed by atoms with Crippen molar-refractivity contribution in [1.29, 1.82) is 0 Å². The fourth-order valence-corrected chi connectivity index (χ4v) is 2.68. The van der Waals surface area contributed by atoms with Crippen LogP contribution in [0.2, 0.25) is 0 Å². The average Bonchev–Trinajstić information content (AvgIpc) is 2.62. The van der Waals surface area contributed by atoms with E-state index in [2.05, 4.69) is 16.9 Å². The van der Waals surface area contributed by atoms with Gasteiger partial charge in [0.15, 0.2) is 5.82 Å². The predicted molar refractivity (Wildman–Crippen MR) is 94.4 cm³/mol. The molecule has 0 amide bonds. The number of hydrogen-bond acceptors (Lipinski definition) is 3. The zero-order valence-electron chi connectivity index (χ0n) is 13.8. The number of ether oxygens (including phenoxy) is 1. The Hall–Kier alpha value is -2.66. The summed E-state index contributed by atoms with van der Waals surface area (Å²) in [6.45, 7) is 5.22. The molecular formula is C19H22N3O2+. The molecule has 2 N–H and O–H groups in total. The van der Waals surface area contributed by atoms with Gasteiger partial charge in [0.05, 0.1) is 17.4 Å². The second kappa shape index (κ2) is 7.75. The van der Waals surface area contributed by atoms with Crippen molar-refractivity contribution < 1.29 is 9.64 Å². The van der Waals surface area contributed by atoms with Crippen molar-refractivity contribution in [3.05, 3.63) is 70.8 Å². The minimum absolute atomic E-state index is 0.0772. The Balaban J connectivity index is 1.63. The zero-order chi connectivity index (χ0) is 16.8. The Kier molecular flexibility index (Phi) is 5.23. The van der Waals surface area contributed by atoms with Gasteiger partial charge in [0.1, 0.15) is 25.4 Å². The lowest BCUT2D eigenvalue weighted by Gasteiger charge is -2.17. The Morgan fingerprint density at radius 3 is 2.62 bits per heavy atom. The van der Waals surface area contributed by atoms with Crippen LogP contribution >= 0.6 is 0 Å². The summed E-state index contributed by atoms with van der Waals surface area (Å²) in [5, 5.41) is 0.631. The van der Waals surface area contributed by atoms with Crippen LogP contribution in [-0.2, 0) is 6.54 Å². The summed E-state index contributed by atoms with van der Waals surface area (Å²) in [5.41, 5.74) is 0.666. The van der Waals surface area contributed by atoms with E-state index in [1.54, 1.807) is 6.07 Å². The van der Waals surface area contributed by atoms with Gasteiger partial charge in [0.2, 0.25) is 0 Å². The number of rotatable bonds is 7. The third kappa shape index (κ3) is 4.00. The number of nitrogens with zero attached hydrogens (tertiary/aromatic N) is 1. The van der Waals surface area contributed by atoms with Gasteiger partial charge < -0.3 is 14.6 Å². The zero-order valence-corrected chi connectivity index (χ0v) is 13.8. The number of fused-ring (bicyclic) bond motifs is 1. The summed E-state index contributed by atoms with van der Waals surface area (Å²) < 4.78 is 5.76. The number of H-pyrrole nitrogens is 1. The van der Waals surface area contributed by atoms with Gasteiger partial charge >= 0.3 is 0 Å². The van der Waals surface area contributed by atoms with Crippen LogP contribution in [0.15, 0.2) is 59.4 Å². The Morgan fingerprint density at radius 2 is 1.83 bits per heavy atom. The molecule has 1 atom stereocenters. The number of hydrogen-bond donors (Lipinski definition) is 2. The smallest absolute Gasteiger partial charge is 0.258 e. The van der Waals surface area contributed by atoms with Crippen molar-refractivity contribution >= 4 is 10.9 Å².